The monoisotopic (exact) mass is 2080 g/mol. The molecule has 1 saturated heterocycles. The van der Waals surface area contributed by atoms with Crippen LogP contribution in [0, 0.1) is 70.9 Å². The predicted molar refractivity (Wildman–Crippen MR) is 555 cm³/mol. The van der Waals surface area contributed by atoms with E-state index in [1.807, 2.05) is 0 Å². The van der Waals surface area contributed by atoms with Crippen molar-refractivity contribution in [3.05, 3.63) is 70.0 Å². The van der Waals surface area contributed by atoms with Crippen LogP contribution in [0.5, 0.6) is 0 Å². The van der Waals surface area contributed by atoms with E-state index < -0.39 is 83.3 Å². The summed E-state index contributed by atoms with van der Waals surface area (Å²) in [6.45, 7) is 30.6. The Morgan fingerprint density at radius 2 is 0.870 bits per heavy atom. The summed E-state index contributed by atoms with van der Waals surface area (Å²) in [5.41, 5.74) is 4.02. The zero-order chi connectivity index (χ0) is 105. The van der Waals surface area contributed by atoms with Gasteiger partial charge in [0, 0.05) is 203 Å². The highest BCUT2D eigenvalue weighted by Crippen LogP contribution is 2.69. The third-order valence-electron chi connectivity index (χ3n) is 31.2. The van der Waals surface area contributed by atoms with Gasteiger partial charge in [-0.15, -0.1) is 0 Å². The maximum atomic E-state index is 14.2. The number of amides is 5. The molecule has 4 aliphatic carbocycles. The van der Waals surface area contributed by atoms with Crippen LogP contribution in [0.4, 0.5) is 30.7 Å². The highest BCUT2D eigenvalue weighted by Gasteiger charge is 2.61. The molecule has 7 rings (SSSR count). The van der Waals surface area contributed by atoms with E-state index in [2.05, 4.69) is 45.3 Å². The zero-order valence-electron chi connectivity index (χ0n) is 90.7. The minimum atomic E-state index is -5.07. The Hall–Kier alpha value is -5.71. The normalized spacial score (nSPS) is 21.0. The predicted octanol–water partition coefficient (Wildman–Crippen LogP) is 23.3. The van der Waals surface area contributed by atoms with E-state index in [4.69, 9.17) is 67.3 Å². The molecular formula is C115H192F7N5O19. The van der Waals surface area contributed by atoms with Crippen molar-refractivity contribution in [2.24, 2.45) is 63.9 Å². The molecule has 0 unspecified atom stereocenters. The standard InChI is InChI=1S/C115H192F7N5O19/c1-89(2)41-38-42-90(3)102-47-48-103-100-45-43-93-85-97(49-53-112(93,5)104(100)50-54-113(102,103)6)146-107(129)86-105(108(123)130)125-106(128)52-80-145-79-40-78-144-76-37-17-35-74-142-72-33-15-31-70-140-68-29-13-27-66-138-64-25-11-23-62-136-60-21-9-19-58-134-57-18-8-20-59-135-61-22-10-24-63-137-65-26-12-28-67-139-69-30-14-32-71-141-73-34-16-36-75-143-77-39-55-124-109(131)111(133)127-56-51-99(101(88-127)98-46-44-96(116)81-91(98)4)110(132)126(7)87-92-82-94(114(117,118)119)84-95(83-92)115(120,121)122/h44,46,81-84,89-90,93,97,99-105H,8-43,45,47-80,85-88H2,1-7H3,(H2,123,130)(H,124,131)(H,125,128)/t90-,93+,97+,99+,100+,101-,102-,103+,104+,105+,112+,113-/m1/s1. The van der Waals surface area contributed by atoms with Gasteiger partial charge in [0.25, 0.3) is 0 Å². The minimum absolute atomic E-state index is 0.0214. The Balaban J connectivity index is 0.501. The number of likely N-dealkylation sites (tertiary alicyclic amines) is 1. The van der Waals surface area contributed by atoms with Crippen LogP contribution in [0.1, 0.15) is 370 Å². The molecule has 840 valence electrons. The van der Waals surface area contributed by atoms with Crippen molar-refractivity contribution in [2.45, 2.75) is 380 Å². The fourth-order valence-electron chi connectivity index (χ4n) is 22.9. The number of esters is 1. The van der Waals surface area contributed by atoms with E-state index in [1.165, 1.54) is 87.9 Å². The number of aryl methyl sites for hydroxylation is 1. The number of halogens is 7. The number of nitrogens with zero attached hydrogens (tertiary/aromatic N) is 2. The number of primary amides is 1. The molecule has 0 radical (unpaired) electrons. The lowest BCUT2D eigenvalue weighted by Gasteiger charge is -2.61. The SMILES string of the molecule is Cc1cc(F)ccc1[C@H]1CN(C(=O)C(=O)NCCCOCCCCCOCCCCCOCCCCCOCCCCCOCCCCCOCCCCCOCCCCCOCCCCCOCCCCCOCCCCCOCCCOCCC(=O)N[C@@H](CC(=O)O[C@H]2CC[C@@]3(C)[C@@H](CC[C@@H]4[C@@H]3CC[C@]3(C)[C@@H]([C@H](C)CCCC(C)C)CC[C@@H]43)C2)C(N)=O)CC[C@@H]1C(=O)N(C)Cc1cc(C(F)(F)F)cc(C(F)(F)F)c1. The zero-order valence-corrected chi connectivity index (χ0v) is 90.7. The van der Waals surface area contributed by atoms with Gasteiger partial charge in [-0.05, 0) is 376 Å². The number of ether oxygens (including phenoxy) is 13. The molecule has 4 saturated carbocycles. The lowest BCUT2D eigenvalue weighted by atomic mass is 9.44. The molecule has 0 aromatic heterocycles. The number of carbonyl (C=O) groups is 6. The van der Waals surface area contributed by atoms with E-state index in [0.29, 0.717) is 80.7 Å². The van der Waals surface area contributed by atoms with Gasteiger partial charge in [-0.3, -0.25) is 28.8 Å². The number of rotatable bonds is 85. The fourth-order valence-corrected chi connectivity index (χ4v) is 22.9. The molecule has 31 heteroatoms. The number of hydrogen-bond donors (Lipinski definition) is 3. The van der Waals surface area contributed by atoms with Crippen molar-refractivity contribution < 1.29 is 121 Å². The molecule has 1 aliphatic heterocycles. The summed E-state index contributed by atoms with van der Waals surface area (Å²) in [5, 5.41) is 5.28. The number of fused-ring (bicyclic) bond motifs is 5. The maximum absolute atomic E-state index is 14.2. The van der Waals surface area contributed by atoms with Crippen LogP contribution in [0.3, 0.4) is 0 Å². The molecule has 1 heterocycles. The summed E-state index contributed by atoms with van der Waals surface area (Å²) in [6, 6.07) is 3.96. The number of nitrogens with two attached hydrogens (primary N) is 1. The summed E-state index contributed by atoms with van der Waals surface area (Å²) in [5.74, 6) is -0.718. The largest absolute Gasteiger partial charge is 0.462 e. The quantitative estimate of drug-likeness (QED) is 0.0240. The molecule has 0 bridgehead atoms. The number of alkyl halides is 6. The van der Waals surface area contributed by atoms with Crippen LogP contribution in [0.15, 0.2) is 36.4 Å². The molecule has 146 heavy (non-hydrogen) atoms. The van der Waals surface area contributed by atoms with Crippen molar-refractivity contribution in [1.29, 1.82) is 0 Å². The van der Waals surface area contributed by atoms with E-state index in [1.54, 1.807) is 6.92 Å². The second-order valence-corrected chi connectivity index (χ2v) is 43.3. The van der Waals surface area contributed by atoms with Gasteiger partial charge in [0.05, 0.1) is 24.2 Å². The molecule has 24 nitrogen and oxygen atoms in total. The lowest BCUT2D eigenvalue weighted by molar-refractivity contribution is -0.163. The molecule has 5 amide bonds. The molecule has 12 atom stereocenters. The average molecular weight is 2080 g/mol. The Labute approximate surface area is 872 Å². The molecule has 2 aromatic carbocycles. The van der Waals surface area contributed by atoms with Gasteiger partial charge in [-0.25, -0.2) is 4.39 Å². The van der Waals surface area contributed by atoms with Gasteiger partial charge in [-0.2, -0.15) is 26.3 Å². The number of hydrogen-bond acceptors (Lipinski definition) is 19. The van der Waals surface area contributed by atoms with Gasteiger partial charge >= 0.3 is 30.1 Å². The Kier molecular flexibility index (Phi) is 64.8. The van der Waals surface area contributed by atoms with Crippen LogP contribution >= 0.6 is 0 Å². The molecular weight excluding hydrogens is 1890 g/mol. The first-order valence-corrected chi connectivity index (χ1v) is 57.1. The molecule has 2 aromatic rings. The van der Waals surface area contributed by atoms with Crippen molar-refractivity contribution >= 4 is 35.5 Å². The number of unbranched alkanes of at least 4 members (excludes halogenated alkanes) is 20. The topological polar surface area (TPSA) is 279 Å². The van der Waals surface area contributed by atoms with Crippen LogP contribution in [0.25, 0.3) is 0 Å². The van der Waals surface area contributed by atoms with Crippen molar-refractivity contribution in [1.82, 2.24) is 20.4 Å². The highest BCUT2D eigenvalue weighted by molar-refractivity contribution is 6.35. The molecule has 5 aliphatic rings. The first kappa shape index (κ1) is 127. The molecule has 5 fully saturated rings. The van der Waals surface area contributed by atoms with E-state index in [9.17, 15) is 59.5 Å². The number of benzene rings is 2. The summed E-state index contributed by atoms with van der Waals surface area (Å²) >= 11 is 0. The Bertz CT molecular complexity index is 3800. The summed E-state index contributed by atoms with van der Waals surface area (Å²) in [4.78, 5) is 81.2. The van der Waals surface area contributed by atoms with Crippen LogP contribution in [-0.4, -0.2) is 243 Å². The Morgan fingerprint density at radius 3 is 1.28 bits per heavy atom. The second kappa shape index (κ2) is 74.3. The minimum Gasteiger partial charge on any atom is -0.462 e. The smallest absolute Gasteiger partial charge is 0.416 e. The maximum Gasteiger partial charge on any atom is 0.416 e. The van der Waals surface area contributed by atoms with Crippen LogP contribution in [-0.2, 0) is 109 Å². The first-order chi connectivity index (χ1) is 70.5. The number of nitrogens with one attached hydrogen (secondary N) is 2. The lowest BCUT2D eigenvalue weighted by Crippen LogP contribution is -2.54. The van der Waals surface area contributed by atoms with E-state index in [0.717, 1.165) is 371 Å². The van der Waals surface area contributed by atoms with E-state index in [-0.39, 0.29) is 74.6 Å². The van der Waals surface area contributed by atoms with Crippen LogP contribution < -0.4 is 16.4 Å². The summed E-state index contributed by atoms with van der Waals surface area (Å²) in [6.07, 6.45) is 37.1. The highest BCUT2D eigenvalue weighted by atomic mass is 19.4. The third-order valence-corrected chi connectivity index (χ3v) is 31.2. The van der Waals surface area contributed by atoms with Gasteiger partial charge in [0.1, 0.15) is 18.0 Å². The van der Waals surface area contributed by atoms with Crippen molar-refractivity contribution in [2.75, 3.05) is 185 Å². The van der Waals surface area contributed by atoms with Crippen molar-refractivity contribution in [3.63, 3.8) is 0 Å². The molecule has 0 spiro atoms. The van der Waals surface area contributed by atoms with Crippen molar-refractivity contribution in [3.8, 4) is 0 Å². The van der Waals surface area contributed by atoms with Gasteiger partial charge in [-0.1, -0.05) is 59.9 Å². The third kappa shape index (κ3) is 50.9. The van der Waals surface area contributed by atoms with Gasteiger partial charge in [0.15, 0.2) is 0 Å². The van der Waals surface area contributed by atoms with Crippen LogP contribution in [0.2, 0.25) is 0 Å². The summed E-state index contributed by atoms with van der Waals surface area (Å²) < 4.78 is 172. The van der Waals surface area contributed by atoms with Gasteiger partial charge in [0.2, 0.25) is 17.7 Å². The molecule has 4 N–H and O–H groups in total. The average Bonchev–Trinajstić information content (AvgIpc) is 1.45. The number of piperidine rings is 1. The first-order valence-electron chi connectivity index (χ1n) is 57.1. The van der Waals surface area contributed by atoms with Gasteiger partial charge < -0.3 is 87.7 Å². The fraction of sp³-hybridized carbons (Fsp3) is 0.843. The second-order valence-electron chi connectivity index (χ2n) is 43.3. The summed E-state index contributed by atoms with van der Waals surface area (Å²) in [7, 11) is 1.27. The van der Waals surface area contributed by atoms with E-state index >= 15 is 0 Å². The number of carbonyl (C=O) groups excluding carboxylic acids is 6. The Morgan fingerprint density at radius 1 is 0.466 bits per heavy atom.